The number of carbonyl (C=O) groups is 2. The van der Waals surface area contributed by atoms with Gasteiger partial charge < -0.3 is 23.8 Å². The van der Waals surface area contributed by atoms with E-state index in [2.05, 4.69) is 44.0 Å². The SMILES string of the molecule is CCCCN(CCCC[N+](C)(C)C)C(=O)CN1C[C@H](c2ccc3c(c2)CCO3)[C@@H](C(=O)O)[C@@H]1CCc1nccn1C. The van der Waals surface area contributed by atoms with E-state index in [9.17, 15) is 14.7 Å². The maximum absolute atomic E-state index is 13.8. The average Bonchev–Trinajstić information content (AvgIpc) is 3.64. The van der Waals surface area contributed by atoms with E-state index < -0.39 is 11.9 Å². The van der Waals surface area contributed by atoms with Gasteiger partial charge in [-0.1, -0.05) is 25.5 Å². The fourth-order valence-electron chi connectivity index (χ4n) is 6.41. The molecule has 1 aromatic carbocycles. The molecule has 226 valence electrons. The van der Waals surface area contributed by atoms with Gasteiger partial charge in [-0.15, -0.1) is 0 Å². The molecule has 1 amide bonds. The summed E-state index contributed by atoms with van der Waals surface area (Å²) in [5.74, 6) is 0.352. The molecule has 0 spiro atoms. The zero-order valence-corrected chi connectivity index (χ0v) is 25.7. The molecule has 0 bridgehead atoms. The first-order valence-electron chi connectivity index (χ1n) is 15.3. The quantitative estimate of drug-likeness (QED) is 0.261. The lowest BCUT2D eigenvalue weighted by molar-refractivity contribution is -0.870. The van der Waals surface area contributed by atoms with Gasteiger partial charge in [0, 0.05) is 63.9 Å². The normalized spacial score (nSPS) is 20.7. The summed E-state index contributed by atoms with van der Waals surface area (Å²) >= 11 is 0. The van der Waals surface area contributed by atoms with Crippen molar-refractivity contribution in [3.8, 4) is 5.75 Å². The Morgan fingerprint density at radius 2 is 1.95 bits per heavy atom. The molecular weight excluding hydrogens is 518 g/mol. The Balaban J connectivity index is 1.54. The lowest BCUT2D eigenvalue weighted by Crippen LogP contribution is -2.45. The van der Waals surface area contributed by atoms with Crippen LogP contribution in [0.2, 0.25) is 0 Å². The number of carboxylic acid groups (broad SMARTS) is 1. The second kappa shape index (κ2) is 13.8. The van der Waals surface area contributed by atoms with E-state index in [1.54, 1.807) is 6.20 Å². The molecule has 41 heavy (non-hydrogen) atoms. The molecule has 0 radical (unpaired) electrons. The summed E-state index contributed by atoms with van der Waals surface area (Å²) in [5, 5.41) is 10.5. The predicted molar refractivity (Wildman–Crippen MR) is 160 cm³/mol. The lowest BCUT2D eigenvalue weighted by atomic mass is 9.83. The molecular formula is C32H50N5O4+. The summed E-state index contributed by atoms with van der Waals surface area (Å²) in [5.41, 5.74) is 2.17. The van der Waals surface area contributed by atoms with Gasteiger partial charge in [0.2, 0.25) is 5.91 Å². The van der Waals surface area contributed by atoms with Gasteiger partial charge in [0.05, 0.1) is 46.8 Å². The molecule has 9 nitrogen and oxygen atoms in total. The van der Waals surface area contributed by atoms with Crippen LogP contribution in [0.4, 0.5) is 0 Å². The second-order valence-corrected chi connectivity index (χ2v) is 12.9. The molecule has 1 saturated heterocycles. The van der Waals surface area contributed by atoms with Gasteiger partial charge in [0.15, 0.2) is 0 Å². The third-order valence-corrected chi connectivity index (χ3v) is 8.74. The number of hydrogen-bond acceptors (Lipinski definition) is 5. The first kappa shape index (κ1) is 31.0. The van der Waals surface area contributed by atoms with Crippen LogP contribution in [0.25, 0.3) is 0 Å². The van der Waals surface area contributed by atoms with Crippen molar-refractivity contribution in [2.45, 2.75) is 63.8 Å². The van der Waals surface area contributed by atoms with Crippen molar-refractivity contribution in [2.24, 2.45) is 13.0 Å². The van der Waals surface area contributed by atoms with Crippen LogP contribution in [-0.2, 0) is 29.5 Å². The number of amides is 1. The van der Waals surface area contributed by atoms with Crippen LogP contribution in [0.15, 0.2) is 30.6 Å². The standard InChI is InChI=1S/C32H49N5O4/c1-6-7-16-35(17-8-9-19-37(3,4)5)30(38)23-36-22-26(24-10-12-28-25(21-24)14-20-41-28)31(32(39)40)27(36)11-13-29-33-15-18-34(29)2/h10,12,15,18,21,26-27,31H,6-9,11,13-14,16-17,19-20,22-23H2,1-5H3/p+1/t26-,27+,31-/m1/s1. The largest absolute Gasteiger partial charge is 0.493 e. The molecule has 0 saturated carbocycles. The minimum atomic E-state index is -0.797. The highest BCUT2D eigenvalue weighted by Gasteiger charge is 2.47. The van der Waals surface area contributed by atoms with Crippen molar-refractivity contribution in [3.63, 3.8) is 0 Å². The number of hydrogen-bond donors (Lipinski definition) is 1. The summed E-state index contributed by atoms with van der Waals surface area (Å²) in [4.78, 5) is 35.3. The molecule has 1 aromatic heterocycles. The summed E-state index contributed by atoms with van der Waals surface area (Å²) in [6, 6.07) is 5.88. The molecule has 9 heteroatoms. The molecule has 0 aliphatic carbocycles. The number of fused-ring (bicyclic) bond motifs is 1. The van der Waals surface area contributed by atoms with Crippen molar-refractivity contribution < 1.29 is 23.9 Å². The van der Waals surface area contributed by atoms with Crippen LogP contribution < -0.4 is 4.74 Å². The number of ether oxygens (including phenoxy) is 1. The Kier molecular flexibility index (Phi) is 10.5. The number of benzene rings is 1. The molecule has 0 unspecified atom stereocenters. The van der Waals surface area contributed by atoms with Crippen molar-refractivity contribution in [2.75, 3.05) is 60.5 Å². The predicted octanol–water partition coefficient (Wildman–Crippen LogP) is 3.57. The van der Waals surface area contributed by atoms with Crippen LogP contribution in [-0.4, -0.2) is 107 Å². The maximum Gasteiger partial charge on any atom is 0.308 e. The van der Waals surface area contributed by atoms with E-state index >= 15 is 0 Å². The monoisotopic (exact) mass is 568 g/mol. The van der Waals surface area contributed by atoms with E-state index in [0.29, 0.717) is 26.0 Å². The summed E-state index contributed by atoms with van der Waals surface area (Å²) in [7, 11) is 8.55. The van der Waals surface area contributed by atoms with Crippen LogP contribution in [0, 0.1) is 5.92 Å². The highest BCUT2D eigenvalue weighted by Crippen LogP contribution is 2.41. The van der Waals surface area contributed by atoms with Gasteiger partial charge in [0.1, 0.15) is 11.6 Å². The van der Waals surface area contributed by atoms with Gasteiger partial charge >= 0.3 is 5.97 Å². The molecule has 2 aromatic rings. The molecule has 4 rings (SSSR count). The zero-order valence-electron chi connectivity index (χ0n) is 25.7. The Morgan fingerprint density at radius 3 is 2.63 bits per heavy atom. The summed E-state index contributed by atoms with van der Waals surface area (Å²) in [6.45, 7) is 6.20. The van der Waals surface area contributed by atoms with E-state index in [4.69, 9.17) is 4.74 Å². The lowest BCUT2D eigenvalue weighted by Gasteiger charge is -2.30. The van der Waals surface area contributed by atoms with Gasteiger partial charge in [-0.2, -0.15) is 0 Å². The zero-order chi connectivity index (χ0) is 29.6. The van der Waals surface area contributed by atoms with E-state index in [1.807, 2.05) is 34.8 Å². The fourth-order valence-corrected chi connectivity index (χ4v) is 6.41. The molecule has 1 fully saturated rings. The Morgan fingerprint density at radius 1 is 1.17 bits per heavy atom. The number of likely N-dealkylation sites (tertiary alicyclic amines) is 1. The molecule has 3 heterocycles. The number of unbranched alkanes of at least 4 members (excludes halogenated alkanes) is 2. The van der Waals surface area contributed by atoms with Crippen molar-refractivity contribution >= 4 is 11.9 Å². The highest BCUT2D eigenvalue weighted by atomic mass is 16.5. The van der Waals surface area contributed by atoms with E-state index in [0.717, 1.165) is 78.9 Å². The summed E-state index contributed by atoms with van der Waals surface area (Å²) in [6.07, 6.45) is 9.89. The number of nitrogens with zero attached hydrogens (tertiary/aromatic N) is 5. The Bertz CT molecular complexity index is 1170. The number of imidazole rings is 1. The minimum absolute atomic E-state index is 0.109. The van der Waals surface area contributed by atoms with Crippen LogP contribution >= 0.6 is 0 Å². The van der Waals surface area contributed by atoms with Crippen molar-refractivity contribution in [1.82, 2.24) is 19.4 Å². The number of carbonyl (C=O) groups excluding carboxylic acids is 1. The van der Waals surface area contributed by atoms with Gasteiger partial charge in [-0.25, -0.2) is 4.98 Å². The van der Waals surface area contributed by atoms with Gasteiger partial charge in [-0.05, 0) is 42.9 Å². The summed E-state index contributed by atoms with van der Waals surface area (Å²) < 4.78 is 8.61. The van der Waals surface area contributed by atoms with Crippen LogP contribution in [0.1, 0.15) is 61.9 Å². The Labute approximate surface area is 245 Å². The van der Waals surface area contributed by atoms with Gasteiger partial charge in [0.25, 0.3) is 0 Å². The van der Waals surface area contributed by atoms with E-state index in [-0.39, 0.29) is 24.4 Å². The average molecular weight is 569 g/mol. The Hall–Kier alpha value is -2.91. The molecule has 1 N–H and O–H groups in total. The first-order valence-corrected chi connectivity index (χ1v) is 15.3. The number of carboxylic acids is 1. The maximum atomic E-state index is 13.8. The molecule has 3 atom stereocenters. The van der Waals surface area contributed by atoms with Crippen molar-refractivity contribution in [3.05, 3.63) is 47.5 Å². The van der Waals surface area contributed by atoms with E-state index in [1.165, 1.54) is 0 Å². The number of aryl methyl sites for hydroxylation is 2. The minimum Gasteiger partial charge on any atom is -0.493 e. The third kappa shape index (κ3) is 8.10. The second-order valence-electron chi connectivity index (χ2n) is 12.9. The van der Waals surface area contributed by atoms with Gasteiger partial charge in [-0.3, -0.25) is 14.5 Å². The topological polar surface area (TPSA) is 87.9 Å². The highest BCUT2D eigenvalue weighted by molar-refractivity contribution is 5.79. The number of rotatable bonds is 15. The number of aliphatic carboxylic acids is 1. The first-order chi connectivity index (χ1) is 19.6. The van der Waals surface area contributed by atoms with Crippen LogP contribution in [0.5, 0.6) is 5.75 Å². The molecule has 2 aliphatic heterocycles. The van der Waals surface area contributed by atoms with Crippen molar-refractivity contribution in [1.29, 1.82) is 0 Å². The third-order valence-electron chi connectivity index (χ3n) is 8.74. The fraction of sp³-hybridized carbons (Fsp3) is 0.656. The molecule has 2 aliphatic rings. The number of quaternary nitrogens is 1. The smallest absolute Gasteiger partial charge is 0.308 e. The van der Waals surface area contributed by atoms with Crippen LogP contribution in [0.3, 0.4) is 0 Å². The number of aromatic nitrogens is 2.